The molecule has 0 saturated carbocycles. The van der Waals surface area contributed by atoms with Gasteiger partial charge in [0, 0.05) is 0 Å². The molecule has 0 aliphatic heterocycles. The summed E-state index contributed by atoms with van der Waals surface area (Å²) in [6.07, 6.45) is 1.28. The summed E-state index contributed by atoms with van der Waals surface area (Å²) >= 11 is 0. The molecule has 0 aromatic heterocycles. The first-order valence-electron chi connectivity index (χ1n) is 5.84. The summed E-state index contributed by atoms with van der Waals surface area (Å²) in [5.74, 6) is 1.63. The number of aryl methyl sites for hydroxylation is 1. The number of rotatable bonds is 4. The summed E-state index contributed by atoms with van der Waals surface area (Å²) in [6, 6.07) is 6.54. The molecule has 1 aromatic rings. The van der Waals surface area contributed by atoms with Crippen molar-refractivity contribution in [3.63, 3.8) is 0 Å². The number of hydrogen-bond donors (Lipinski definition) is 0. The Hall–Kier alpha value is -0.980. The van der Waals surface area contributed by atoms with Crippen LogP contribution in [0.2, 0.25) is 0 Å². The van der Waals surface area contributed by atoms with Crippen molar-refractivity contribution in [3.05, 3.63) is 29.3 Å². The molecule has 0 spiro atoms. The molecule has 1 rings (SSSR count). The van der Waals surface area contributed by atoms with Gasteiger partial charge >= 0.3 is 0 Å². The molecule has 0 heterocycles. The molecule has 84 valence electrons. The first kappa shape index (κ1) is 12.1. The summed E-state index contributed by atoms with van der Waals surface area (Å²) in [5, 5.41) is 0. The van der Waals surface area contributed by atoms with Crippen LogP contribution >= 0.6 is 0 Å². The average molecular weight is 206 g/mol. The minimum Gasteiger partial charge on any atom is -0.491 e. The van der Waals surface area contributed by atoms with Gasteiger partial charge in [0.15, 0.2) is 0 Å². The maximum Gasteiger partial charge on any atom is 0.122 e. The third-order valence-corrected chi connectivity index (χ3v) is 2.49. The van der Waals surface area contributed by atoms with Crippen LogP contribution in [0.3, 0.4) is 0 Å². The van der Waals surface area contributed by atoms with E-state index in [0.29, 0.717) is 5.92 Å². The van der Waals surface area contributed by atoms with Gasteiger partial charge in [-0.25, -0.2) is 0 Å². The summed E-state index contributed by atoms with van der Waals surface area (Å²) in [7, 11) is 0. The van der Waals surface area contributed by atoms with Crippen LogP contribution in [0.15, 0.2) is 18.2 Å². The minimum absolute atomic E-state index is 0.250. The zero-order valence-electron chi connectivity index (χ0n) is 10.5. The summed E-state index contributed by atoms with van der Waals surface area (Å²) in [5.41, 5.74) is 2.71. The fourth-order valence-electron chi connectivity index (χ4n) is 1.60. The molecule has 0 radical (unpaired) electrons. The molecule has 0 saturated heterocycles. The van der Waals surface area contributed by atoms with Crippen LogP contribution in [0.1, 0.15) is 51.7 Å². The Kier molecular flexibility index (Phi) is 4.19. The molecule has 0 fully saturated rings. The topological polar surface area (TPSA) is 9.23 Å². The molecule has 0 bridgehead atoms. The number of benzene rings is 1. The number of hydrogen-bond acceptors (Lipinski definition) is 1. The van der Waals surface area contributed by atoms with Gasteiger partial charge in [-0.1, -0.05) is 32.9 Å². The van der Waals surface area contributed by atoms with Crippen molar-refractivity contribution in [2.75, 3.05) is 0 Å². The molecule has 0 amide bonds. The van der Waals surface area contributed by atoms with Crippen LogP contribution in [0.25, 0.3) is 0 Å². The maximum absolute atomic E-state index is 5.77. The lowest BCUT2D eigenvalue weighted by Gasteiger charge is -2.15. The van der Waals surface area contributed by atoms with Crippen LogP contribution in [-0.2, 0) is 6.42 Å². The van der Waals surface area contributed by atoms with Gasteiger partial charge < -0.3 is 4.74 Å². The average Bonchev–Trinajstić information content (AvgIpc) is 2.17. The lowest BCUT2D eigenvalue weighted by molar-refractivity contribution is 0.240. The lowest BCUT2D eigenvalue weighted by atomic mass is 9.99. The second kappa shape index (κ2) is 5.20. The maximum atomic E-state index is 5.77. The molecule has 1 nitrogen and oxygen atoms in total. The van der Waals surface area contributed by atoms with Crippen molar-refractivity contribution < 1.29 is 4.74 Å². The zero-order chi connectivity index (χ0) is 11.4. The molecule has 15 heavy (non-hydrogen) atoms. The highest BCUT2D eigenvalue weighted by molar-refractivity contribution is 5.38. The molecule has 1 heteroatoms. The fraction of sp³-hybridized carbons (Fsp3) is 0.571. The van der Waals surface area contributed by atoms with E-state index < -0.39 is 0 Å². The van der Waals surface area contributed by atoms with Crippen LogP contribution in [-0.4, -0.2) is 6.10 Å². The van der Waals surface area contributed by atoms with Gasteiger partial charge in [-0.2, -0.15) is 0 Å². The number of ether oxygens (including phenoxy) is 1. The van der Waals surface area contributed by atoms with Gasteiger partial charge in [0.2, 0.25) is 0 Å². The van der Waals surface area contributed by atoms with E-state index in [-0.39, 0.29) is 6.10 Å². The highest BCUT2D eigenvalue weighted by Gasteiger charge is 2.07. The molecular formula is C14H22O. The van der Waals surface area contributed by atoms with Gasteiger partial charge in [0.1, 0.15) is 5.75 Å². The van der Waals surface area contributed by atoms with E-state index in [1.165, 1.54) is 11.1 Å². The first-order valence-corrected chi connectivity index (χ1v) is 5.84. The second-order valence-electron chi connectivity index (χ2n) is 4.54. The van der Waals surface area contributed by atoms with Crippen molar-refractivity contribution in [1.82, 2.24) is 0 Å². The monoisotopic (exact) mass is 206 g/mol. The molecular weight excluding hydrogens is 184 g/mol. The van der Waals surface area contributed by atoms with E-state index in [4.69, 9.17) is 4.74 Å². The molecule has 0 aliphatic carbocycles. The van der Waals surface area contributed by atoms with Gasteiger partial charge in [-0.3, -0.25) is 0 Å². The highest BCUT2D eigenvalue weighted by Crippen LogP contribution is 2.25. The van der Waals surface area contributed by atoms with Crippen molar-refractivity contribution in [3.8, 4) is 5.75 Å². The third kappa shape index (κ3) is 3.26. The van der Waals surface area contributed by atoms with Gasteiger partial charge in [-0.05, 0) is 43.4 Å². The molecule has 0 atom stereocenters. The standard InChI is InChI=1S/C14H22O/c1-6-12-9-13(10(2)3)7-8-14(12)15-11(4)5/h7-11H,6H2,1-5H3. The van der Waals surface area contributed by atoms with Crippen molar-refractivity contribution >= 4 is 0 Å². The summed E-state index contributed by atoms with van der Waals surface area (Å²) in [6.45, 7) is 10.7. The largest absolute Gasteiger partial charge is 0.491 e. The van der Waals surface area contributed by atoms with Crippen molar-refractivity contribution in [2.45, 2.75) is 53.1 Å². The Morgan fingerprint density at radius 2 is 1.80 bits per heavy atom. The third-order valence-electron chi connectivity index (χ3n) is 2.49. The van der Waals surface area contributed by atoms with Crippen molar-refractivity contribution in [2.24, 2.45) is 0 Å². The van der Waals surface area contributed by atoms with E-state index >= 15 is 0 Å². The molecule has 1 aromatic carbocycles. The zero-order valence-corrected chi connectivity index (χ0v) is 10.5. The normalized spacial score (nSPS) is 11.1. The van der Waals surface area contributed by atoms with Gasteiger partial charge in [0.05, 0.1) is 6.10 Å². The van der Waals surface area contributed by atoms with Gasteiger partial charge in [-0.15, -0.1) is 0 Å². The first-order chi connectivity index (χ1) is 7.04. The Bertz CT molecular complexity index is 313. The Morgan fingerprint density at radius 1 is 1.13 bits per heavy atom. The minimum atomic E-state index is 0.250. The SMILES string of the molecule is CCc1cc(C(C)C)ccc1OC(C)C. The molecule has 0 unspecified atom stereocenters. The second-order valence-corrected chi connectivity index (χ2v) is 4.54. The van der Waals surface area contributed by atoms with Crippen LogP contribution in [0.5, 0.6) is 5.75 Å². The van der Waals surface area contributed by atoms with E-state index in [1.807, 2.05) is 0 Å². The van der Waals surface area contributed by atoms with E-state index in [0.717, 1.165) is 12.2 Å². The Balaban J connectivity index is 2.98. The lowest BCUT2D eigenvalue weighted by Crippen LogP contribution is -2.07. The van der Waals surface area contributed by atoms with Gasteiger partial charge in [0.25, 0.3) is 0 Å². The summed E-state index contributed by atoms with van der Waals surface area (Å²) in [4.78, 5) is 0. The van der Waals surface area contributed by atoms with E-state index in [1.54, 1.807) is 0 Å². The fourth-order valence-corrected chi connectivity index (χ4v) is 1.60. The van der Waals surface area contributed by atoms with E-state index in [9.17, 15) is 0 Å². The van der Waals surface area contributed by atoms with E-state index in [2.05, 4.69) is 52.8 Å². The van der Waals surface area contributed by atoms with Crippen LogP contribution in [0.4, 0.5) is 0 Å². The predicted octanol–water partition coefficient (Wildman–Crippen LogP) is 4.16. The molecule has 0 N–H and O–H groups in total. The quantitative estimate of drug-likeness (QED) is 0.718. The predicted molar refractivity (Wildman–Crippen MR) is 65.7 cm³/mol. The smallest absolute Gasteiger partial charge is 0.122 e. The van der Waals surface area contributed by atoms with Crippen LogP contribution in [0, 0.1) is 0 Å². The Morgan fingerprint density at radius 3 is 2.27 bits per heavy atom. The summed E-state index contributed by atoms with van der Waals surface area (Å²) < 4.78 is 5.77. The Labute approximate surface area is 93.5 Å². The van der Waals surface area contributed by atoms with Crippen molar-refractivity contribution in [1.29, 1.82) is 0 Å². The highest BCUT2D eigenvalue weighted by atomic mass is 16.5. The molecule has 0 aliphatic rings. The van der Waals surface area contributed by atoms with Crippen LogP contribution < -0.4 is 4.74 Å².